The van der Waals surface area contributed by atoms with Crippen molar-refractivity contribution < 1.29 is 17.9 Å². The van der Waals surface area contributed by atoms with E-state index in [1.165, 1.54) is 11.8 Å². The fourth-order valence-corrected chi connectivity index (χ4v) is 1.67. The van der Waals surface area contributed by atoms with Crippen molar-refractivity contribution in [3.8, 4) is 11.4 Å². The van der Waals surface area contributed by atoms with Crippen LogP contribution in [-0.2, 0) is 12.7 Å². The fourth-order valence-electron chi connectivity index (χ4n) is 1.67. The second kappa shape index (κ2) is 4.93. The highest BCUT2D eigenvalue weighted by Crippen LogP contribution is 2.29. The summed E-state index contributed by atoms with van der Waals surface area (Å²) in [6.07, 6.45) is -4.49. The van der Waals surface area contributed by atoms with Gasteiger partial charge < -0.3 is 10.5 Å². The molecule has 0 atom stereocenters. The van der Waals surface area contributed by atoms with Crippen LogP contribution in [0.15, 0.2) is 30.3 Å². The van der Waals surface area contributed by atoms with Gasteiger partial charge >= 0.3 is 6.18 Å². The third-order valence-electron chi connectivity index (χ3n) is 2.58. The zero-order valence-electron chi connectivity index (χ0n) is 10.1. The molecule has 102 valence electrons. The fraction of sp³-hybridized carbons (Fsp3) is 0.250. The summed E-state index contributed by atoms with van der Waals surface area (Å²) >= 11 is 0. The van der Waals surface area contributed by atoms with Crippen molar-refractivity contribution in [2.75, 3.05) is 7.11 Å². The predicted octanol–water partition coefficient (Wildman–Crippen LogP) is 2.36. The quantitative estimate of drug-likeness (QED) is 0.932. The number of nitrogens with zero attached hydrogens (tertiary/aromatic N) is 2. The summed E-state index contributed by atoms with van der Waals surface area (Å²) in [5, 5.41) is 3.55. The van der Waals surface area contributed by atoms with Gasteiger partial charge in [-0.3, -0.25) is 0 Å². The summed E-state index contributed by atoms with van der Waals surface area (Å²) < 4.78 is 44.1. The molecule has 0 aliphatic heterocycles. The van der Waals surface area contributed by atoms with Crippen LogP contribution in [0.4, 0.5) is 13.2 Å². The highest BCUT2D eigenvalue weighted by atomic mass is 19.4. The zero-order valence-corrected chi connectivity index (χ0v) is 10.1. The van der Waals surface area contributed by atoms with Gasteiger partial charge in [-0.05, 0) is 18.2 Å². The molecule has 2 aromatic rings. The number of alkyl halides is 3. The van der Waals surface area contributed by atoms with Crippen LogP contribution in [0.3, 0.4) is 0 Å². The molecule has 2 N–H and O–H groups in total. The molecule has 1 aromatic carbocycles. The predicted molar refractivity (Wildman–Crippen MR) is 63.0 cm³/mol. The topological polar surface area (TPSA) is 53.1 Å². The molecule has 0 amide bonds. The molecule has 0 unspecified atom stereocenters. The summed E-state index contributed by atoms with van der Waals surface area (Å²) in [7, 11) is 1.48. The number of benzene rings is 1. The van der Waals surface area contributed by atoms with Crippen LogP contribution < -0.4 is 10.5 Å². The van der Waals surface area contributed by atoms with E-state index in [4.69, 9.17) is 10.5 Å². The number of nitrogens with two attached hydrogens (primary N) is 1. The summed E-state index contributed by atoms with van der Waals surface area (Å²) in [5.74, 6) is 0.532. The molecule has 0 bridgehead atoms. The van der Waals surface area contributed by atoms with E-state index in [0.717, 1.165) is 6.07 Å². The number of rotatable bonds is 3. The Balaban J connectivity index is 2.51. The van der Waals surface area contributed by atoms with Gasteiger partial charge in [0.1, 0.15) is 5.75 Å². The lowest BCUT2D eigenvalue weighted by Crippen LogP contribution is -2.08. The summed E-state index contributed by atoms with van der Waals surface area (Å²) in [5.41, 5.74) is 5.24. The van der Waals surface area contributed by atoms with Crippen molar-refractivity contribution in [3.05, 3.63) is 41.7 Å². The van der Waals surface area contributed by atoms with Crippen LogP contribution >= 0.6 is 0 Å². The molecular formula is C12H12F3N3O. The third kappa shape index (κ3) is 2.70. The van der Waals surface area contributed by atoms with Crippen LogP contribution in [0.25, 0.3) is 5.69 Å². The van der Waals surface area contributed by atoms with E-state index in [0.29, 0.717) is 11.4 Å². The molecule has 2 rings (SSSR count). The molecule has 1 aromatic heterocycles. The van der Waals surface area contributed by atoms with E-state index in [-0.39, 0.29) is 12.2 Å². The molecule has 1 heterocycles. The minimum Gasteiger partial charge on any atom is -0.497 e. The molecule has 0 fully saturated rings. The van der Waals surface area contributed by atoms with E-state index in [9.17, 15) is 13.2 Å². The van der Waals surface area contributed by atoms with Crippen LogP contribution in [0.1, 0.15) is 11.4 Å². The molecule has 0 spiro atoms. The number of ether oxygens (including phenoxy) is 1. The van der Waals surface area contributed by atoms with Crippen molar-refractivity contribution in [2.24, 2.45) is 5.73 Å². The van der Waals surface area contributed by atoms with Crippen LogP contribution in [0, 0.1) is 0 Å². The highest BCUT2D eigenvalue weighted by molar-refractivity contribution is 5.40. The van der Waals surface area contributed by atoms with E-state index in [2.05, 4.69) is 5.10 Å². The molecule has 0 saturated carbocycles. The van der Waals surface area contributed by atoms with Crippen LogP contribution in [-0.4, -0.2) is 16.9 Å². The molecule has 0 radical (unpaired) electrons. The van der Waals surface area contributed by atoms with Gasteiger partial charge in [0, 0.05) is 12.6 Å². The van der Waals surface area contributed by atoms with Gasteiger partial charge in [0.25, 0.3) is 0 Å². The second-order valence-electron chi connectivity index (χ2n) is 3.84. The van der Waals surface area contributed by atoms with Crippen molar-refractivity contribution in [3.63, 3.8) is 0 Å². The maximum absolute atomic E-state index is 12.6. The van der Waals surface area contributed by atoms with E-state index >= 15 is 0 Å². The van der Waals surface area contributed by atoms with Crippen molar-refractivity contribution in [2.45, 2.75) is 12.7 Å². The molecule has 7 heteroatoms. The van der Waals surface area contributed by atoms with Crippen molar-refractivity contribution in [1.82, 2.24) is 9.78 Å². The average molecular weight is 271 g/mol. The standard InChI is InChI=1S/C12H12F3N3O/c1-19-10-4-2-3-8(5-10)18-9(7-16)6-11(17-18)12(13,14)15/h2-6H,7,16H2,1H3. The number of halogens is 3. The zero-order chi connectivity index (χ0) is 14.0. The summed E-state index contributed by atoms with van der Waals surface area (Å²) in [4.78, 5) is 0. The number of aromatic nitrogens is 2. The van der Waals surface area contributed by atoms with Gasteiger partial charge in [0.05, 0.1) is 18.5 Å². The van der Waals surface area contributed by atoms with Gasteiger partial charge in [-0.25, -0.2) is 4.68 Å². The average Bonchev–Trinajstić information content (AvgIpc) is 2.83. The molecule has 0 saturated heterocycles. The Morgan fingerprint density at radius 1 is 1.32 bits per heavy atom. The number of hydrogen-bond acceptors (Lipinski definition) is 3. The number of methoxy groups -OCH3 is 1. The Morgan fingerprint density at radius 3 is 2.63 bits per heavy atom. The molecule has 4 nitrogen and oxygen atoms in total. The minimum atomic E-state index is -4.49. The normalized spacial score (nSPS) is 11.6. The van der Waals surface area contributed by atoms with Crippen molar-refractivity contribution in [1.29, 1.82) is 0 Å². The van der Waals surface area contributed by atoms with Crippen LogP contribution in [0.2, 0.25) is 0 Å². The second-order valence-corrected chi connectivity index (χ2v) is 3.84. The first-order valence-electron chi connectivity index (χ1n) is 5.46. The minimum absolute atomic E-state index is 0.0414. The molecular weight excluding hydrogens is 259 g/mol. The first kappa shape index (κ1) is 13.4. The summed E-state index contributed by atoms with van der Waals surface area (Å²) in [6.45, 7) is -0.0414. The Labute approximate surface area is 107 Å². The van der Waals surface area contributed by atoms with Gasteiger partial charge in [0.2, 0.25) is 0 Å². The largest absolute Gasteiger partial charge is 0.497 e. The maximum atomic E-state index is 12.6. The lowest BCUT2D eigenvalue weighted by molar-refractivity contribution is -0.141. The van der Waals surface area contributed by atoms with E-state index in [1.807, 2.05) is 0 Å². The van der Waals surface area contributed by atoms with Crippen LogP contribution in [0.5, 0.6) is 5.75 Å². The van der Waals surface area contributed by atoms with Gasteiger partial charge in [-0.15, -0.1) is 0 Å². The molecule has 19 heavy (non-hydrogen) atoms. The Hall–Kier alpha value is -2.02. The smallest absolute Gasteiger partial charge is 0.435 e. The van der Waals surface area contributed by atoms with E-state index < -0.39 is 11.9 Å². The Kier molecular flexibility index (Phi) is 3.48. The monoisotopic (exact) mass is 271 g/mol. The highest BCUT2D eigenvalue weighted by Gasteiger charge is 2.34. The first-order chi connectivity index (χ1) is 8.95. The Morgan fingerprint density at radius 2 is 2.05 bits per heavy atom. The van der Waals surface area contributed by atoms with Gasteiger partial charge in [0.15, 0.2) is 5.69 Å². The first-order valence-corrected chi connectivity index (χ1v) is 5.46. The molecule has 0 aliphatic rings. The Bertz CT molecular complexity index is 578. The SMILES string of the molecule is COc1cccc(-n2nc(C(F)(F)F)cc2CN)c1. The van der Waals surface area contributed by atoms with Gasteiger partial charge in [-0.2, -0.15) is 18.3 Å². The van der Waals surface area contributed by atoms with E-state index in [1.54, 1.807) is 24.3 Å². The summed E-state index contributed by atoms with van der Waals surface area (Å²) in [6, 6.07) is 7.53. The van der Waals surface area contributed by atoms with Gasteiger partial charge in [-0.1, -0.05) is 6.07 Å². The number of hydrogen-bond donors (Lipinski definition) is 1. The third-order valence-corrected chi connectivity index (χ3v) is 2.58. The lowest BCUT2D eigenvalue weighted by Gasteiger charge is -2.07. The maximum Gasteiger partial charge on any atom is 0.435 e. The lowest BCUT2D eigenvalue weighted by atomic mass is 10.3. The van der Waals surface area contributed by atoms with Crippen molar-refractivity contribution >= 4 is 0 Å². The molecule has 0 aliphatic carbocycles.